The molecule has 0 spiro atoms. The summed E-state index contributed by atoms with van der Waals surface area (Å²) in [6.07, 6.45) is -4.75. The Morgan fingerprint density at radius 3 is 2.52 bits per heavy atom. The maximum Gasteiger partial charge on any atom is 0.416 e. The molecule has 4 nitrogen and oxygen atoms in total. The third-order valence-corrected chi connectivity index (χ3v) is 5.63. The molecule has 10 heteroatoms. The molecule has 1 atom stereocenters. The molecule has 1 unspecified atom stereocenters. The van der Waals surface area contributed by atoms with Gasteiger partial charge in [-0.05, 0) is 42.0 Å². The van der Waals surface area contributed by atoms with Gasteiger partial charge in [-0.25, -0.2) is 4.39 Å². The lowest BCUT2D eigenvalue weighted by molar-refractivity contribution is -0.138. The summed E-state index contributed by atoms with van der Waals surface area (Å²) in [6, 6.07) is 7.65. The van der Waals surface area contributed by atoms with Gasteiger partial charge >= 0.3 is 6.18 Å². The van der Waals surface area contributed by atoms with Gasteiger partial charge in [0.05, 0.1) is 11.4 Å². The summed E-state index contributed by atoms with van der Waals surface area (Å²) < 4.78 is 52.5. The minimum absolute atomic E-state index is 0.256. The van der Waals surface area contributed by atoms with E-state index in [4.69, 9.17) is 11.6 Å². The summed E-state index contributed by atoms with van der Waals surface area (Å²) in [4.78, 5) is 26.6. The Labute approximate surface area is 173 Å². The number of amides is 2. The van der Waals surface area contributed by atoms with E-state index >= 15 is 0 Å². The van der Waals surface area contributed by atoms with Gasteiger partial charge < -0.3 is 10.2 Å². The SMILES string of the molecule is O=C(NCc1ccc(F)cc1C(F)(F)F)C1CSCN1C(=O)c1ccc(Cl)cc1. The van der Waals surface area contributed by atoms with Crippen LogP contribution in [0.25, 0.3) is 0 Å². The number of alkyl halides is 3. The molecule has 2 amide bonds. The Morgan fingerprint density at radius 2 is 1.86 bits per heavy atom. The number of halogens is 5. The molecule has 29 heavy (non-hydrogen) atoms. The third-order valence-electron chi connectivity index (χ3n) is 4.37. The van der Waals surface area contributed by atoms with Crippen LogP contribution in [0.5, 0.6) is 0 Å². The average Bonchev–Trinajstić information content (AvgIpc) is 3.16. The summed E-state index contributed by atoms with van der Waals surface area (Å²) in [5.41, 5.74) is -1.05. The fourth-order valence-corrected chi connectivity index (χ4v) is 4.17. The lowest BCUT2D eigenvalue weighted by Gasteiger charge is -2.23. The van der Waals surface area contributed by atoms with Crippen LogP contribution in [0.3, 0.4) is 0 Å². The molecule has 3 rings (SSSR count). The molecule has 0 radical (unpaired) electrons. The first kappa shape index (κ1) is 21.4. The van der Waals surface area contributed by atoms with E-state index in [9.17, 15) is 27.2 Å². The molecule has 1 aliphatic heterocycles. The molecule has 1 fully saturated rings. The zero-order valence-electron chi connectivity index (χ0n) is 14.8. The molecular formula is C19H15ClF4N2O2S. The van der Waals surface area contributed by atoms with Crippen molar-refractivity contribution in [3.05, 3.63) is 70.0 Å². The van der Waals surface area contributed by atoms with E-state index in [-0.39, 0.29) is 17.3 Å². The smallest absolute Gasteiger partial charge is 0.350 e. The molecule has 1 N–H and O–H groups in total. The van der Waals surface area contributed by atoms with Gasteiger partial charge in [0.25, 0.3) is 5.91 Å². The first-order valence-electron chi connectivity index (χ1n) is 8.44. The number of carbonyl (C=O) groups excluding carboxylic acids is 2. The predicted octanol–water partition coefficient (Wildman–Crippen LogP) is 4.33. The lowest BCUT2D eigenvalue weighted by atomic mass is 10.1. The maximum absolute atomic E-state index is 13.2. The Bertz CT molecular complexity index is 921. The summed E-state index contributed by atoms with van der Waals surface area (Å²) in [5, 5.41) is 2.89. The summed E-state index contributed by atoms with van der Waals surface area (Å²) in [6.45, 7) is -0.432. The normalized spacial score (nSPS) is 16.7. The van der Waals surface area contributed by atoms with Gasteiger partial charge in [-0.1, -0.05) is 17.7 Å². The lowest BCUT2D eigenvalue weighted by Crippen LogP contribution is -2.47. The molecule has 1 heterocycles. The van der Waals surface area contributed by atoms with Crippen molar-refractivity contribution in [2.75, 3.05) is 11.6 Å². The number of rotatable bonds is 4. The van der Waals surface area contributed by atoms with Gasteiger partial charge in [0.1, 0.15) is 11.9 Å². The molecule has 0 aliphatic carbocycles. The van der Waals surface area contributed by atoms with Gasteiger partial charge in [-0.3, -0.25) is 9.59 Å². The summed E-state index contributed by atoms with van der Waals surface area (Å²) in [5.74, 6) is -1.36. The van der Waals surface area contributed by atoms with Gasteiger partial charge in [0, 0.05) is 22.9 Å². The number of nitrogens with zero attached hydrogens (tertiary/aromatic N) is 1. The molecule has 2 aromatic rings. The number of benzene rings is 2. The van der Waals surface area contributed by atoms with Crippen LogP contribution in [0.15, 0.2) is 42.5 Å². The van der Waals surface area contributed by atoms with Gasteiger partial charge in [-0.2, -0.15) is 13.2 Å². The zero-order valence-corrected chi connectivity index (χ0v) is 16.4. The Hall–Kier alpha value is -2.26. The van der Waals surface area contributed by atoms with Crippen LogP contribution in [-0.4, -0.2) is 34.4 Å². The first-order chi connectivity index (χ1) is 13.7. The number of thioether (sulfide) groups is 1. The van der Waals surface area contributed by atoms with E-state index in [0.717, 1.165) is 12.1 Å². The van der Waals surface area contributed by atoms with E-state index in [1.54, 1.807) is 12.1 Å². The van der Waals surface area contributed by atoms with Gasteiger partial charge in [0.2, 0.25) is 5.91 Å². The van der Waals surface area contributed by atoms with E-state index in [0.29, 0.717) is 22.4 Å². The summed E-state index contributed by atoms with van der Waals surface area (Å²) >= 11 is 7.18. The largest absolute Gasteiger partial charge is 0.416 e. The van der Waals surface area contributed by atoms with Crippen molar-refractivity contribution in [2.24, 2.45) is 0 Å². The number of hydrogen-bond donors (Lipinski definition) is 1. The van der Waals surface area contributed by atoms with Crippen LogP contribution in [0.4, 0.5) is 17.6 Å². The highest BCUT2D eigenvalue weighted by atomic mass is 35.5. The van der Waals surface area contributed by atoms with E-state index in [1.807, 2.05) is 0 Å². The topological polar surface area (TPSA) is 49.4 Å². The second-order valence-electron chi connectivity index (χ2n) is 6.31. The molecule has 0 saturated carbocycles. The highest BCUT2D eigenvalue weighted by Crippen LogP contribution is 2.32. The Morgan fingerprint density at radius 1 is 1.17 bits per heavy atom. The van der Waals surface area contributed by atoms with Crippen LogP contribution >= 0.6 is 23.4 Å². The molecule has 1 saturated heterocycles. The predicted molar refractivity (Wildman–Crippen MR) is 102 cm³/mol. The Kier molecular flexibility index (Phi) is 6.38. The molecule has 1 aliphatic rings. The molecule has 0 bridgehead atoms. The highest BCUT2D eigenvalue weighted by molar-refractivity contribution is 7.99. The molecule has 154 valence electrons. The van der Waals surface area contributed by atoms with Crippen LogP contribution in [0.2, 0.25) is 5.02 Å². The molecule has 2 aromatic carbocycles. The van der Waals surface area contributed by atoms with Crippen molar-refractivity contribution in [1.82, 2.24) is 10.2 Å². The van der Waals surface area contributed by atoms with E-state index in [2.05, 4.69) is 5.32 Å². The van der Waals surface area contributed by atoms with Crippen molar-refractivity contribution >= 4 is 35.2 Å². The van der Waals surface area contributed by atoms with Crippen molar-refractivity contribution in [2.45, 2.75) is 18.8 Å². The Balaban J connectivity index is 1.71. The highest BCUT2D eigenvalue weighted by Gasteiger charge is 2.36. The van der Waals surface area contributed by atoms with E-state index < -0.39 is 36.1 Å². The molecule has 0 aromatic heterocycles. The fraction of sp³-hybridized carbons (Fsp3) is 0.263. The van der Waals surface area contributed by atoms with Crippen molar-refractivity contribution in [3.8, 4) is 0 Å². The minimum Gasteiger partial charge on any atom is -0.350 e. The van der Waals surface area contributed by atoms with Crippen molar-refractivity contribution in [3.63, 3.8) is 0 Å². The monoisotopic (exact) mass is 446 g/mol. The van der Waals surface area contributed by atoms with Crippen molar-refractivity contribution < 1.29 is 27.2 Å². The zero-order chi connectivity index (χ0) is 21.2. The average molecular weight is 447 g/mol. The second-order valence-corrected chi connectivity index (χ2v) is 7.75. The molecular weight excluding hydrogens is 432 g/mol. The number of carbonyl (C=O) groups is 2. The number of nitrogens with one attached hydrogen (secondary N) is 1. The summed E-state index contributed by atoms with van der Waals surface area (Å²) in [7, 11) is 0. The third kappa shape index (κ3) is 5.02. The van der Waals surface area contributed by atoms with Crippen LogP contribution in [0, 0.1) is 5.82 Å². The van der Waals surface area contributed by atoms with Crippen molar-refractivity contribution in [1.29, 1.82) is 0 Å². The minimum atomic E-state index is -4.75. The second kappa shape index (κ2) is 8.62. The maximum atomic E-state index is 13.2. The quantitative estimate of drug-likeness (QED) is 0.711. The van der Waals surface area contributed by atoms with Gasteiger partial charge in [0.15, 0.2) is 0 Å². The van der Waals surface area contributed by atoms with E-state index in [1.165, 1.54) is 28.8 Å². The number of hydrogen-bond acceptors (Lipinski definition) is 3. The van der Waals surface area contributed by atoms with Crippen LogP contribution in [-0.2, 0) is 17.5 Å². The van der Waals surface area contributed by atoms with Crippen LogP contribution < -0.4 is 5.32 Å². The van der Waals surface area contributed by atoms with Gasteiger partial charge in [-0.15, -0.1) is 11.8 Å². The standard InChI is InChI=1S/C19H15ClF4N2O2S/c20-13-4-1-11(2-5-13)18(28)26-10-29-9-16(26)17(27)25-8-12-3-6-14(21)7-15(12)19(22,23)24/h1-7,16H,8-10H2,(H,25,27). The van der Waals surface area contributed by atoms with Crippen LogP contribution in [0.1, 0.15) is 21.5 Å². The first-order valence-corrected chi connectivity index (χ1v) is 9.97. The fourth-order valence-electron chi connectivity index (χ4n) is 2.89.